The van der Waals surface area contributed by atoms with Gasteiger partial charge >= 0.3 is 0 Å². The van der Waals surface area contributed by atoms with Gasteiger partial charge in [0.15, 0.2) is 0 Å². The van der Waals surface area contributed by atoms with Crippen LogP contribution in [-0.4, -0.2) is 16.4 Å². The molecule has 0 aliphatic heterocycles. The van der Waals surface area contributed by atoms with Crippen molar-refractivity contribution in [3.05, 3.63) is 17.5 Å². The van der Waals surface area contributed by atoms with E-state index in [4.69, 9.17) is 4.84 Å². The fourth-order valence-electron chi connectivity index (χ4n) is 1.53. The van der Waals surface area contributed by atoms with Gasteiger partial charge in [-0.15, -0.1) is 0 Å². The molecule has 0 saturated heterocycles. The molecule has 0 aliphatic rings. The van der Waals surface area contributed by atoms with E-state index in [1.165, 1.54) is 5.56 Å². The van der Waals surface area contributed by atoms with E-state index in [2.05, 4.69) is 31.3 Å². The van der Waals surface area contributed by atoms with Crippen LogP contribution in [-0.2, 0) is 23.8 Å². The molecule has 15 heavy (non-hydrogen) atoms. The largest absolute Gasteiger partial charge is 0.302 e. The Morgan fingerprint density at radius 3 is 2.67 bits per heavy atom. The smallest absolute Gasteiger partial charge is 0.0723 e. The Morgan fingerprint density at radius 2 is 2.13 bits per heavy atom. The number of aryl methyl sites for hydroxylation is 1. The molecule has 1 aromatic heterocycles. The van der Waals surface area contributed by atoms with E-state index in [1.54, 1.807) is 0 Å². The number of hydrogen-bond donors (Lipinski definition) is 1. The third-order valence-corrected chi connectivity index (χ3v) is 2.12. The molecule has 1 aromatic rings. The zero-order valence-electron chi connectivity index (χ0n) is 10.3. The van der Waals surface area contributed by atoms with E-state index >= 15 is 0 Å². The number of rotatable bonds is 4. The van der Waals surface area contributed by atoms with Crippen molar-refractivity contribution in [2.24, 2.45) is 7.05 Å². The molecule has 0 spiro atoms. The molecule has 0 unspecified atom stereocenters. The van der Waals surface area contributed by atoms with Crippen LogP contribution in [0.5, 0.6) is 0 Å². The maximum atomic E-state index is 5.13. The highest BCUT2D eigenvalue weighted by atomic mass is 16.6. The molecule has 86 valence electrons. The zero-order chi connectivity index (χ0) is 11.5. The topological polar surface area (TPSA) is 39.1 Å². The van der Waals surface area contributed by atoms with Crippen LogP contribution >= 0.6 is 0 Å². The third-order valence-electron chi connectivity index (χ3n) is 2.12. The molecule has 0 saturated carbocycles. The Bertz CT molecular complexity index is 312. The van der Waals surface area contributed by atoms with Gasteiger partial charge in [-0.1, -0.05) is 20.8 Å². The van der Waals surface area contributed by atoms with Crippen molar-refractivity contribution in [3.63, 3.8) is 0 Å². The summed E-state index contributed by atoms with van der Waals surface area (Å²) in [5.74, 6) is 0. The summed E-state index contributed by atoms with van der Waals surface area (Å²) < 4.78 is 1.85. The van der Waals surface area contributed by atoms with E-state index in [0.29, 0.717) is 13.2 Å². The Morgan fingerprint density at radius 1 is 1.47 bits per heavy atom. The van der Waals surface area contributed by atoms with Crippen molar-refractivity contribution in [1.82, 2.24) is 15.3 Å². The maximum absolute atomic E-state index is 5.13. The summed E-state index contributed by atoms with van der Waals surface area (Å²) >= 11 is 0. The predicted molar refractivity (Wildman–Crippen MR) is 60.4 cm³/mol. The SMILES string of the molecule is CCONCc1cn(C)nc1C(C)(C)C. The Labute approximate surface area is 91.6 Å². The minimum atomic E-state index is 0.0739. The van der Waals surface area contributed by atoms with E-state index in [0.717, 1.165) is 5.69 Å². The number of nitrogens with one attached hydrogen (secondary N) is 1. The number of nitrogens with zero attached hydrogens (tertiary/aromatic N) is 2. The van der Waals surface area contributed by atoms with Crippen LogP contribution in [0.1, 0.15) is 39.0 Å². The van der Waals surface area contributed by atoms with Gasteiger partial charge in [0.05, 0.1) is 12.3 Å². The molecular formula is C11H21N3O. The molecule has 0 aromatic carbocycles. The van der Waals surface area contributed by atoms with Crippen molar-refractivity contribution in [3.8, 4) is 0 Å². The Hall–Kier alpha value is -0.870. The standard InChI is InChI=1S/C11H21N3O/c1-6-15-12-7-9-8-14(5)13-10(9)11(2,3)4/h8,12H,6-7H2,1-5H3. The van der Waals surface area contributed by atoms with Gasteiger partial charge in [-0.2, -0.15) is 10.6 Å². The highest BCUT2D eigenvalue weighted by Gasteiger charge is 2.21. The van der Waals surface area contributed by atoms with E-state index in [-0.39, 0.29) is 5.41 Å². The van der Waals surface area contributed by atoms with Crippen LogP contribution in [0.3, 0.4) is 0 Å². The van der Waals surface area contributed by atoms with Gasteiger partial charge in [0, 0.05) is 30.8 Å². The molecule has 4 nitrogen and oxygen atoms in total. The van der Waals surface area contributed by atoms with Gasteiger partial charge in [0.2, 0.25) is 0 Å². The maximum Gasteiger partial charge on any atom is 0.0723 e. The van der Waals surface area contributed by atoms with Crippen LogP contribution in [0.15, 0.2) is 6.20 Å². The second-order valence-electron chi connectivity index (χ2n) is 4.68. The van der Waals surface area contributed by atoms with E-state index in [9.17, 15) is 0 Å². The van der Waals surface area contributed by atoms with Gasteiger partial charge in [-0.25, -0.2) is 0 Å². The van der Waals surface area contributed by atoms with Crippen LogP contribution in [0.4, 0.5) is 0 Å². The van der Waals surface area contributed by atoms with Crippen LogP contribution in [0.25, 0.3) is 0 Å². The molecule has 0 radical (unpaired) electrons. The van der Waals surface area contributed by atoms with E-state index < -0.39 is 0 Å². The first-order chi connectivity index (χ1) is 6.95. The Kier molecular flexibility index (Phi) is 3.88. The Balaban J connectivity index is 2.78. The van der Waals surface area contributed by atoms with Crippen molar-refractivity contribution >= 4 is 0 Å². The minimum Gasteiger partial charge on any atom is -0.302 e. The predicted octanol–water partition coefficient (Wildman–Crippen LogP) is 1.76. The third kappa shape index (κ3) is 3.32. The highest BCUT2D eigenvalue weighted by Crippen LogP contribution is 2.23. The van der Waals surface area contributed by atoms with E-state index in [1.807, 2.05) is 24.9 Å². The lowest BCUT2D eigenvalue weighted by atomic mass is 9.90. The summed E-state index contributed by atoms with van der Waals surface area (Å²) in [6.07, 6.45) is 2.03. The van der Waals surface area contributed by atoms with Gasteiger partial charge in [0.25, 0.3) is 0 Å². The quantitative estimate of drug-likeness (QED) is 0.609. The second-order valence-corrected chi connectivity index (χ2v) is 4.68. The van der Waals surface area contributed by atoms with Gasteiger partial charge in [-0.3, -0.25) is 4.68 Å². The fraction of sp³-hybridized carbons (Fsp3) is 0.727. The molecule has 0 bridgehead atoms. The molecule has 0 atom stereocenters. The van der Waals surface area contributed by atoms with Crippen LogP contribution in [0.2, 0.25) is 0 Å². The summed E-state index contributed by atoms with van der Waals surface area (Å²) in [4.78, 5) is 5.13. The monoisotopic (exact) mass is 211 g/mol. The summed E-state index contributed by atoms with van der Waals surface area (Å²) in [7, 11) is 1.94. The summed E-state index contributed by atoms with van der Waals surface area (Å²) in [6, 6.07) is 0. The van der Waals surface area contributed by atoms with Crippen LogP contribution < -0.4 is 5.48 Å². The summed E-state index contributed by atoms with van der Waals surface area (Å²) in [6.45, 7) is 9.83. The number of hydroxylamine groups is 1. The second kappa shape index (κ2) is 4.77. The molecule has 1 heterocycles. The lowest BCUT2D eigenvalue weighted by molar-refractivity contribution is 0.0460. The molecule has 1 N–H and O–H groups in total. The zero-order valence-corrected chi connectivity index (χ0v) is 10.3. The summed E-state index contributed by atoms with van der Waals surface area (Å²) in [5, 5.41) is 4.48. The van der Waals surface area contributed by atoms with Crippen molar-refractivity contribution < 1.29 is 4.84 Å². The lowest BCUT2D eigenvalue weighted by Crippen LogP contribution is -2.19. The molecular weight excluding hydrogens is 190 g/mol. The van der Waals surface area contributed by atoms with Gasteiger partial charge in [-0.05, 0) is 6.92 Å². The fourth-order valence-corrected chi connectivity index (χ4v) is 1.53. The van der Waals surface area contributed by atoms with Crippen molar-refractivity contribution in [2.75, 3.05) is 6.61 Å². The van der Waals surface area contributed by atoms with Gasteiger partial charge in [0.1, 0.15) is 0 Å². The van der Waals surface area contributed by atoms with Crippen molar-refractivity contribution in [2.45, 2.75) is 39.7 Å². The molecule has 4 heteroatoms. The molecule has 0 amide bonds. The summed E-state index contributed by atoms with van der Waals surface area (Å²) in [5.41, 5.74) is 5.31. The average molecular weight is 211 g/mol. The first-order valence-corrected chi connectivity index (χ1v) is 5.32. The molecule has 0 aliphatic carbocycles. The lowest BCUT2D eigenvalue weighted by Gasteiger charge is -2.17. The minimum absolute atomic E-state index is 0.0739. The first kappa shape index (κ1) is 12.2. The van der Waals surface area contributed by atoms with Crippen LogP contribution in [0, 0.1) is 0 Å². The normalized spacial score (nSPS) is 12.1. The number of aromatic nitrogens is 2. The average Bonchev–Trinajstić information content (AvgIpc) is 2.47. The molecule has 0 fully saturated rings. The number of hydrogen-bond acceptors (Lipinski definition) is 3. The highest BCUT2D eigenvalue weighted by molar-refractivity contribution is 5.23. The van der Waals surface area contributed by atoms with Gasteiger partial charge < -0.3 is 4.84 Å². The molecule has 1 rings (SSSR count). The van der Waals surface area contributed by atoms with Crippen molar-refractivity contribution in [1.29, 1.82) is 0 Å². The first-order valence-electron chi connectivity index (χ1n) is 5.32.